The van der Waals surface area contributed by atoms with E-state index in [0.717, 1.165) is 69.9 Å². The second kappa shape index (κ2) is 12.9. The highest BCUT2D eigenvalue weighted by atomic mass is 32.1. The molecule has 12 rings (SSSR count). The lowest BCUT2D eigenvalue weighted by atomic mass is 9.67. The van der Waals surface area contributed by atoms with Gasteiger partial charge in [0.25, 0.3) is 0 Å². The Balaban J connectivity index is 0.967. The van der Waals surface area contributed by atoms with Gasteiger partial charge in [-0.3, -0.25) is 0 Å². The van der Waals surface area contributed by atoms with Crippen molar-refractivity contribution < 1.29 is 4.42 Å². The Kier molecular flexibility index (Phi) is 7.46. The van der Waals surface area contributed by atoms with Crippen molar-refractivity contribution in [1.82, 2.24) is 15.0 Å². The molecule has 3 aromatic heterocycles. The van der Waals surface area contributed by atoms with E-state index in [1.807, 2.05) is 53.8 Å². The molecule has 1 fully saturated rings. The number of aromatic nitrogens is 3. The van der Waals surface area contributed by atoms with Gasteiger partial charge in [0.2, 0.25) is 0 Å². The van der Waals surface area contributed by atoms with Crippen molar-refractivity contribution in [3.05, 3.63) is 160 Å². The molecule has 0 radical (unpaired) electrons. The normalized spacial score (nSPS) is 15.3. The molecule has 6 aromatic carbocycles. The third-order valence-corrected chi connectivity index (χ3v) is 14.2. The van der Waals surface area contributed by atoms with Crippen LogP contribution in [0.15, 0.2) is 132 Å². The lowest BCUT2D eigenvalue weighted by molar-refractivity contribution is 0.352. The van der Waals surface area contributed by atoms with E-state index in [1.165, 1.54) is 73.2 Å². The molecule has 6 heteroatoms. The van der Waals surface area contributed by atoms with E-state index in [-0.39, 0.29) is 5.41 Å². The third kappa shape index (κ3) is 5.10. The van der Waals surface area contributed by atoms with Crippen LogP contribution in [0, 0.1) is 11.3 Å². The number of hydrogen-bond acceptors (Lipinski definition) is 6. The molecule has 1 saturated carbocycles. The molecule has 3 aliphatic rings. The predicted octanol–water partition coefficient (Wildman–Crippen LogP) is 13.6. The maximum Gasteiger partial charge on any atom is 0.165 e. The fraction of sp³-hybridized carbons (Fsp3) is 0.154. The first-order valence-corrected chi connectivity index (χ1v) is 21.1. The van der Waals surface area contributed by atoms with Crippen molar-refractivity contribution in [2.45, 2.75) is 50.4 Å². The average molecular weight is 765 g/mol. The van der Waals surface area contributed by atoms with Crippen LogP contribution in [0.2, 0.25) is 0 Å². The zero-order chi connectivity index (χ0) is 38.4. The molecule has 0 N–H and O–H groups in total. The van der Waals surface area contributed by atoms with Crippen molar-refractivity contribution in [3.63, 3.8) is 0 Å². The Morgan fingerprint density at radius 1 is 0.569 bits per heavy atom. The van der Waals surface area contributed by atoms with Crippen molar-refractivity contribution >= 4 is 55.0 Å². The number of rotatable bonds is 4. The number of aryl methyl sites for hydroxylation is 1. The summed E-state index contributed by atoms with van der Waals surface area (Å²) in [6.45, 7) is 0. The topological polar surface area (TPSA) is 75.6 Å². The molecule has 0 saturated heterocycles. The smallest absolute Gasteiger partial charge is 0.165 e. The van der Waals surface area contributed by atoms with Crippen LogP contribution < -0.4 is 0 Å². The van der Waals surface area contributed by atoms with Gasteiger partial charge in [-0.1, -0.05) is 104 Å². The van der Waals surface area contributed by atoms with Gasteiger partial charge in [-0.05, 0) is 113 Å². The second-order valence-corrected chi connectivity index (χ2v) is 17.2. The fourth-order valence-electron chi connectivity index (χ4n) is 10.1. The Bertz CT molecular complexity index is 3230. The molecule has 58 heavy (non-hydrogen) atoms. The monoisotopic (exact) mass is 764 g/mol. The fourth-order valence-corrected chi connectivity index (χ4v) is 11.4. The molecule has 9 aromatic rings. The van der Waals surface area contributed by atoms with Crippen LogP contribution in [-0.4, -0.2) is 15.0 Å². The first-order valence-electron chi connectivity index (χ1n) is 20.3. The number of furan rings is 1. The number of para-hydroxylation sites is 1. The SMILES string of the molecule is N#Cc1ccc2c(c1)C1(CCCCC1)c1cc(C3=Cc4c(sc5c(-c6nc(-c7ccccc7)nc(-c7ccc8c(c7)oc7ccccc78)n6)cccc45)CC3)ccc1-2. The molecule has 0 aliphatic heterocycles. The summed E-state index contributed by atoms with van der Waals surface area (Å²) in [5.41, 5.74) is 14.8. The molecule has 5 nitrogen and oxygen atoms in total. The number of thiophene rings is 1. The number of allylic oxidation sites excluding steroid dienone is 1. The van der Waals surface area contributed by atoms with Crippen LogP contribution in [-0.2, 0) is 11.8 Å². The Morgan fingerprint density at radius 3 is 2.16 bits per heavy atom. The van der Waals surface area contributed by atoms with Gasteiger partial charge >= 0.3 is 0 Å². The summed E-state index contributed by atoms with van der Waals surface area (Å²) in [6.07, 6.45) is 10.4. The minimum absolute atomic E-state index is 0.00400. The van der Waals surface area contributed by atoms with Gasteiger partial charge in [0.15, 0.2) is 17.5 Å². The Labute approximate surface area is 340 Å². The van der Waals surface area contributed by atoms with E-state index in [2.05, 4.69) is 97.1 Å². The number of fused-ring (bicyclic) bond motifs is 11. The number of nitriles is 1. The third-order valence-electron chi connectivity index (χ3n) is 12.9. The second-order valence-electron chi connectivity index (χ2n) is 16.0. The number of nitrogens with zero attached hydrogens (tertiary/aromatic N) is 4. The van der Waals surface area contributed by atoms with E-state index < -0.39 is 0 Å². The van der Waals surface area contributed by atoms with Crippen LogP contribution in [0.5, 0.6) is 0 Å². The van der Waals surface area contributed by atoms with Crippen molar-refractivity contribution in [2.75, 3.05) is 0 Å². The quantitative estimate of drug-likeness (QED) is 0.178. The van der Waals surface area contributed by atoms with Gasteiger partial charge in [0.05, 0.1) is 11.6 Å². The zero-order valence-corrected chi connectivity index (χ0v) is 32.6. The van der Waals surface area contributed by atoms with Gasteiger partial charge in [-0.15, -0.1) is 11.3 Å². The molecular formula is C52H36N4OS. The maximum absolute atomic E-state index is 9.81. The molecule has 0 bridgehead atoms. The van der Waals surface area contributed by atoms with E-state index in [9.17, 15) is 5.26 Å². The summed E-state index contributed by atoms with van der Waals surface area (Å²) >= 11 is 1.87. The standard InChI is InChI=1S/C52H36N4OS/c53-30-31-16-20-36-37-21-17-34(28-44(37)52(43(36)26-31)24-7-2-8-25-52)33-19-23-47-42(27-33)40-13-9-14-41(48(40)58-47)51-55-49(32-10-3-1-4-11-32)54-50(56-51)35-18-22-39-38-12-5-6-15-45(38)57-46(39)29-35/h1,3-6,9-18,20-22,26-29H,2,7-8,19,23-25H2. The van der Waals surface area contributed by atoms with E-state index in [0.29, 0.717) is 17.5 Å². The first kappa shape index (κ1) is 33.5. The van der Waals surface area contributed by atoms with Gasteiger partial charge in [-0.25, -0.2) is 15.0 Å². The molecule has 3 heterocycles. The zero-order valence-electron chi connectivity index (χ0n) is 31.8. The van der Waals surface area contributed by atoms with Gasteiger partial charge in [0, 0.05) is 47.8 Å². The molecule has 0 amide bonds. The number of benzene rings is 6. The largest absolute Gasteiger partial charge is 0.456 e. The minimum Gasteiger partial charge on any atom is -0.456 e. The van der Waals surface area contributed by atoms with Gasteiger partial charge < -0.3 is 4.42 Å². The molecule has 1 spiro atoms. The van der Waals surface area contributed by atoms with E-state index in [1.54, 1.807) is 0 Å². The van der Waals surface area contributed by atoms with Crippen LogP contribution >= 0.6 is 11.3 Å². The van der Waals surface area contributed by atoms with Gasteiger partial charge in [0.1, 0.15) is 11.2 Å². The van der Waals surface area contributed by atoms with Crippen LogP contribution in [0.4, 0.5) is 0 Å². The molecular weight excluding hydrogens is 729 g/mol. The summed E-state index contributed by atoms with van der Waals surface area (Å²) in [5.74, 6) is 1.92. The summed E-state index contributed by atoms with van der Waals surface area (Å²) in [5, 5.41) is 13.2. The van der Waals surface area contributed by atoms with Crippen molar-refractivity contribution in [1.29, 1.82) is 5.26 Å². The van der Waals surface area contributed by atoms with E-state index in [4.69, 9.17) is 19.4 Å². The van der Waals surface area contributed by atoms with Crippen LogP contribution in [0.25, 0.3) is 89.0 Å². The summed E-state index contributed by atoms with van der Waals surface area (Å²) in [4.78, 5) is 16.8. The lowest BCUT2D eigenvalue weighted by Crippen LogP contribution is -2.28. The Morgan fingerprint density at radius 2 is 1.29 bits per heavy atom. The highest BCUT2D eigenvalue weighted by Gasteiger charge is 2.44. The van der Waals surface area contributed by atoms with Crippen molar-refractivity contribution in [2.24, 2.45) is 0 Å². The highest BCUT2D eigenvalue weighted by Crippen LogP contribution is 2.56. The lowest BCUT2D eigenvalue weighted by Gasteiger charge is -2.36. The minimum atomic E-state index is -0.00400. The maximum atomic E-state index is 9.81. The van der Waals surface area contributed by atoms with E-state index >= 15 is 0 Å². The van der Waals surface area contributed by atoms with Crippen LogP contribution in [0.1, 0.15) is 71.2 Å². The Hall–Kier alpha value is -6.68. The predicted molar refractivity (Wildman–Crippen MR) is 235 cm³/mol. The molecule has 276 valence electrons. The highest BCUT2D eigenvalue weighted by molar-refractivity contribution is 7.20. The molecule has 0 unspecified atom stereocenters. The molecule has 0 atom stereocenters. The van der Waals surface area contributed by atoms with Crippen molar-refractivity contribution in [3.8, 4) is 51.4 Å². The summed E-state index contributed by atoms with van der Waals surface area (Å²) < 4.78 is 7.48. The summed E-state index contributed by atoms with van der Waals surface area (Å²) in [6, 6.07) is 47.1. The van der Waals surface area contributed by atoms with Crippen LogP contribution in [0.3, 0.4) is 0 Å². The summed E-state index contributed by atoms with van der Waals surface area (Å²) in [7, 11) is 0. The molecule has 3 aliphatic carbocycles. The van der Waals surface area contributed by atoms with Gasteiger partial charge in [-0.2, -0.15) is 5.26 Å². The first-order chi connectivity index (χ1) is 28.6. The average Bonchev–Trinajstić information content (AvgIpc) is 3.94. The number of hydrogen-bond donors (Lipinski definition) is 0.